The van der Waals surface area contributed by atoms with Crippen LogP contribution >= 0.6 is 11.6 Å². The Balaban J connectivity index is 2.12. The average molecular weight is 474 g/mol. The molecule has 32 heavy (non-hydrogen) atoms. The van der Waals surface area contributed by atoms with Crippen molar-refractivity contribution in [3.63, 3.8) is 0 Å². The van der Waals surface area contributed by atoms with Gasteiger partial charge in [-0.25, -0.2) is 0 Å². The van der Waals surface area contributed by atoms with E-state index in [0.717, 1.165) is 12.1 Å². The van der Waals surface area contributed by atoms with E-state index in [1.807, 2.05) is 0 Å². The molecule has 8 nitrogen and oxygen atoms in total. The van der Waals surface area contributed by atoms with E-state index in [9.17, 15) is 32.9 Å². The van der Waals surface area contributed by atoms with Gasteiger partial charge in [0.15, 0.2) is 0 Å². The highest BCUT2D eigenvalue weighted by atomic mass is 35.5. The quantitative estimate of drug-likeness (QED) is 0.440. The van der Waals surface area contributed by atoms with E-state index in [2.05, 4.69) is 15.4 Å². The van der Waals surface area contributed by atoms with Crippen molar-refractivity contribution in [1.82, 2.24) is 10.6 Å². The number of para-hydroxylation sites is 1. The normalized spacial score (nSPS) is 12.2. The Morgan fingerprint density at radius 1 is 1.19 bits per heavy atom. The van der Waals surface area contributed by atoms with E-state index in [1.165, 1.54) is 30.3 Å². The third-order valence-corrected chi connectivity index (χ3v) is 4.61. The number of nitrogens with zero attached hydrogens (tertiary/aromatic N) is 1. The number of halogens is 4. The van der Waals surface area contributed by atoms with Gasteiger partial charge in [-0.05, 0) is 24.1 Å². The molecule has 0 unspecified atom stereocenters. The number of amides is 2. The van der Waals surface area contributed by atoms with E-state index in [0.29, 0.717) is 0 Å². The van der Waals surface area contributed by atoms with Crippen molar-refractivity contribution in [3.05, 3.63) is 68.7 Å². The van der Waals surface area contributed by atoms with Gasteiger partial charge in [0.1, 0.15) is 16.8 Å². The van der Waals surface area contributed by atoms with Gasteiger partial charge in [0.25, 0.3) is 11.6 Å². The van der Waals surface area contributed by atoms with Gasteiger partial charge in [-0.15, -0.1) is 13.2 Å². The number of hydrogen-bond acceptors (Lipinski definition) is 5. The predicted octanol–water partition coefficient (Wildman–Crippen LogP) is 4.22. The minimum atomic E-state index is -4.89. The van der Waals surface area contributed by atoms with Crippen LogP contribution in [0.1, 0.15) is 29.8 Å². The molecule has 2 aromatic carbocycles. The van der Waals surface area contributed by atoms with Crippen LogP contribution in [0.25, 0.3) is 0 Å². The van der Waals surface area contributed by atoms with Gasteiger partial charge < -0.3 is 15.4 Å². The Bertz CT molecular complexity index is 1010. The molecule has 2 amide bonds. The van der Waals surface area contributed by atoms with Gasteiger partial charge in [0, 0.05) is 23.7 Å². The maximum atomic E-state index is 12.6. The van der Waals surface area contributed by atoms with Crippen LogP contribution in [0, 0.1) is 16.0 Å². The number of nitro groups is 1. The van der Waals surface area contributed by atoms with Gasteiger partial charge in [0.2, 0.25) is 5.91 Å². The summed E-state index contributed by atoms with van der Waals surface area (Å²) in [5, 5.41) is 15.8. The van der Waals surface area contributed by atoms with E-state index >= 15 is 0 Å². The molecule has 2 rings (SSSR count). The molecule has 0 bridgehead atoms. The van der Waals surface area contributed by atoms with Crippen LogP contribution in [0.4, 0.5) is 18.9 Å². The number of alkyl halides is 3. The zero-order valence-electron chi connectivity index (χ0n) is 16.9. The number of carbonyl (C=O) groups excluding carboxylic acids is 2. The topological polar surface area (TPSA) is 111 Å². The van der Waals surface area contributed by atoms with Gasteiger partial charge in [0.05, 0.1) is 4.92 Å². The highest BCUT2D eigenvalue weighted by molar-refractivity contribution is 6.32. The van der Waals surface area contributed by atoms with Crippen molar-refractivity contribution in [2.24, 2.45) is 5.92 Å². The standard InChI is InChI=1S/C20H19ClF3N3O5/c1-11(2)17(26-18(28)12-7-8-14(21)15(9-12)27(30)31)19(29)25-10-13-5-3-4-6-16(13)32-20(22,23)24/h3-9,11,17H,10H2,1-2H3,(H,25,29)(H,26,28)/t17-/m0/s1. The van der Waals surface area contributed by atoms with Crippen LogP contribution < -0.4 is 15.4 Å². The van der Waals surface area contributed by atoms with E-state index < -0.39 is 46.5 Å². The lowest BCUT2D eigenvalue weighted by Crippen LogP contribution is -2.49. The second-order valence-electron chi connectivity index (χ2n) is 6.99. The van der Waals surface area contributed by atoms with E-state index in [-0.39, 0.29) is 22.7 Å². The van der Waals surface area contributed by atoms with Gasteiger partial charge in [-0.1, -0.05) is 43.6 Å². The van der Waals surface area contributed by atoms with Crippen molar-refractivity contribution >= 4 is 29.1 Å². The largest absolute Gasteiger partial charge is 0.573 e. The minimum absolute atomic E-state index is 0.0801. The lowest BCUT2D eigenvalue weighted by Gasteiger charge is -2.22. The summed E-state index contributed by atoms with van der Waals surface area (Å²) in [5.74, 6) is -2.26. The van der Waals surface area contributed by atoms with Crippen molar-refractivity contribution in [1.29, 1.82) is 0 Å². The van der Waals surface area contributed by atoms with Crippen LogP contribution in [0.15, 0.2) is 42.5 Å². The molecule has 0 radical (unpaired) electrons. The SMILES string of the molecule is CC(C)[C@H](NC(=O)c1ccc(Cl)c([N+](=O)[O-])c1)C(=O)NCc1ccccc1OC(F)(F)F. The number of nitrogens with one attached hydrogen (secondary N) is 2. The monoisotopic (exact) mass is 473 g/mol. The Morgan fingerprint density at radius 3 is 2.44 bits per heavy atom. The molecule has 0 aliphatic heterocycles. The number of rotatable bonds is 8. The predicted molar refractivity (Wildman–Crippen MR) is 109 cm³/mol. The van der Waals surface area contributed by atoms with Crippen LogP contribution in [-0.4, -0.2) is 29.1 Å². The zero-order chi connectivity index (χ0) is 24.1. The highest BCUT2D eigenvalue weighted by Crippen LogP contribution is 2.27. The molecular formula is C20H19ClF3N3O5. The van der Waals surface area contributed by atoms with Crippen molar-refractivity contribution in [2.75, 3.05) is 0 Å². The Kier molecular flexibility index (Phi) is 8.03. The maximum absolute atomic E-state index is 12.6. The smallest absolute Gasteiger partial charge is 0.405 e. The molecule has 0 aliphatic carbocycles. The second-order valence-corrected chi connectivity index (χ2v) is 7.40. The Hall–Kier alpha value is -3.34. The third kappa shape index (κ3) is 6.84. The van der Waals surface area contributed by atoms with Crippen LogP contribution in [0.2, 0.25) is 5.02 Å². The maximum Gasteiger partial charge on any atom is 0.573 e. The second kappa shape index (κ2) is 10.3. The third-order valence-electron chi connectivity index (χ3n) is 4.29. The summed E-state index contributed by atoms with van der Waals surface area (Å²) in [6.45, 7) is 3.02. The molecule has 2 N–H and O–H groups in total. The van der Waals surface area contributed by atoms with Crippen molar-refractivity contribution in [3.8, 4) is 5.75 Å². The zero-order valence-corrected chi connectivity index (χ0v) is 17.7. The van der Waals surface area contributed by atoms with Crippen molar-refractivity contribution < 1.29 is 32.4 Å². The Morgan fingerprint density at radius 2 is 1.84 bits per heavy atom. The molecule has 12 heteroatoms. The van der Waals surface area contributed by atoms with Gasteiger partial charge >= 0.3 is 6.36 Å². The summed E-state index contributed by atoms with van der Waals surface area (Å²) >= 11 is 5.74. The first kappa shape index (κ1) is 24.9. The molecule has 0 heterocycles. The van der Waals surface area contributed by atoms with Crippen LogP contribution in [0.5, 0.6) is 5.75 Å². The number of carbonyl (C=O) groups is 2. The summed E-state index contributed by atoms with van der Waals surface area (Å²) in [7, 11) is 0. The molecule has 0 aromatic heterocycles. The molecule has 0 saturated carbocycles. The lowest BCUT2D eigenvalue weighted by molar-refractivity contribution is -0.384. The summed E-state index contributed by atoms with van der Waals surface area (Å²) in [6, 6.07) is 7.70. The fraction of sp³-hybridized carbons (Fsp3) is 0.300. The van der Waals surface area contributed by atoms with E-state index in [1.54, 1.807) is 13.8 Å². The molecule has 0 spiro atoms. The molecule has 172 valence electrons. The number of ether oxygens (including phenoxy) is 1. The molecule has 0 saturated heterocycles. The van der Waals surface area contributed by atoms with Gasteiger partial charge in [-0.2, -0.15) is 0 Å². The molecule has 0 fully saturated rings. The minimum Gasteiger partial charge on any atom is -0.405 e. The fourth-order valence-corrected chi connectivity index (χ4v) is 2.91. The first-order valence-corrected chi connectivity index (χ1v) is 9.63. The van der Waals surface area contributed by atoms with Gasteiger partial charge in [-0.3, -0.25) is 19.7 Å². The average Bonchev–Trinajstić information content (AvgIpc) is 2.69. The number of hydrogen-bond donors (Lipinski definition) is 2. The summed E-state index contributed by atoms with van der Waals surface area (Å²) in [6.07, 6.45) is -4.89. The first-order chi connectivity index (χ1) is 14.9. The first-order valence-electron chi connectivity index (χ1n) is 9.25. The number of nitro benzene ring substituents is 1. The molecule has 1 atom stereocenters. The number of benzene rings is 2. The molecule has 2 aromatic rings. The van der Waals surface area contributed by atoms with E-state index in [4.69, 9.17) is 11.6 Å². The summed E-state index contributed by atoms with van der Waals surface area (Å²) < 4.78 is 41.6. The fourth-order valence-electron chi connectivity index (χ4n) is 2.72. The Labute approximate surface area is 185 Å². The molecular weight excluding hydrogens is 455 g/mol. The lowest BCUT2D eigenvalue weighted by atomic mass is 10.0. The van der Waals surface area contributed by atoms with Crippen molar-refractivity contribution in [2.45, 2.75) is 32.8 Å². The highest BCUT2D eigenvalue weighted by Gasteiger charge is 2.32. The van der Waals surface area contributed by atoms with Crippen LogP contribution in [0.3, 0.4) is 0 Å². The van der Waals surface area contributed by atoms with Crippen LogP contribution in [-0.2, 0) is 11.3 Å². The summed E-state index contributed by atoms with van der Waals surface area (Å²) in [5.41, 5.74) is -0.463. The summed E-state index contributed by atoms with van der Waals surface area (Å²) in [4.78, 5) is 35.4. The molecule has 0 aliphatic rings.